The predicted molar refractivity (Wildman–Crippen MR) is 43.3 cm³/mol. The number of aliphatic hydroxyl groups excluding tert-OH is 1. The summed E-state index contributed by atoms with van der Waals surface area (Å²) in [7, 11) is 0. The van der Waals surface area contributed by atoms with Crippen LogP contribution in [0.4, 0.5) is 0 Å². The molecule has 2 N–H and O–H groups in total. The molecule has 0 aromatic carbocycles. The minimum absolute atomic E-state index is 0.304. The third-order valence-electron chi connectivity index (χ3n) is 1.15. The largest absolute Gasteiger partial charge is 0.392 e. The first-order chi connectivity index (χ1) is 5.29. The molecule has 0 bridgehead atoms. The van der Waals surface area contributed by atoms with Crippen LogP contribution in [0, 0.1) is 0 Å². The summed E-state index contributed by atoms with van der Waals surface area (Å²) in [6.07, 6.45) is -0.304. The molecule has 0 aliphatic heterocycles. The summed E-state index contributed by atoms with van der Waals surface area (Å²) in [4.78, 5) is 0. The van der Waals surface area contributed by atoms with Gasteiger partial charge in [-0.05, 0) is 18.5 Å². The van der Waals surface area contributed by atoms with Crippen molar-refractivity contribution in [3.05, 3.63) is 11.1 Å². The maximum absolute atomic E-state index is 8.89. The Bertz CT molecular complexity index is 188. The molecule has 0 fully saturated rings. The summed E-state index contributed by atoms with van der Waals surface area (Å²) in [6.45, 7) is 3.02. The average molecular weight is 173 g/mol. The van der Waals surface area contributed by atoms with Crippen molar-refractivity contribution in [2.24, 2.45) is 0 Å². The fourth-order valence-corrected chi connectivity index (χ4v) is 1.12. The summed E-state index contributed by atoms with van der Waals surface area (Å²) < 4.78 is 3.71. The molecule has 1 atom stereocenters. The second-order valence-electron chi connectivity index (χ2n) is 2.38. The van der Waals surface area contributed by atoms with Crippen LogP contribution in [0.2, 0.25) is 0 Å². The van der Waals surface area contributed by atoms with E-state index in [4.69, 9.17) is 5.11 Å². The van der Waals surface area contributed by atoms with E-state index in [1.807, 2.05) is 5.38 Å². The van der Waals surface area contributed by atoms with E-state index < -0.39 is 0 Å². The SMILES string of the molecule is C[C@@H](O)CNCc1csnn1. The van der Waals surface area contributed by atoms with E-state index in [0.717, 1.165) is 5.69 Å². The van der Waals surface area contributed by atoms with Crippen LogP contribution in [-0.2, 0) is 6.54 Å². The molecule has 62 valence electrons. The number of hydrogen-bond donors (Lipinski definition) is 2. The van der Waals surface area contributed by atoms with Crippen molar-refractivity contribution in [3.63, 3.8) is 0 Å². The highest BCUT2D eigenvalue weighted by atomic mass is 32.1. The lowest BCUT2D eigenvalue weighted by Crippen LogP contribution is -2.23. The Labute approximate surface area is 69.4 Å². The molecule has 4 nitrogen and oxygen atoms in total. The van der Waals surface area contributed by atoms with Crippen LogP contribution in [0.25, 0.3) is 0 Å². The Morgan fingerprint density at radius 3 is 3.18 bits per heavy atom. The van der Waals surface area contributed by atoms with E-state index in [1.165, 1.54) is 11.5 Å². The van der Waals surface area contributed by atoms with Crippen LogP contribution in [0.1, 0.15) is 12.6 Å². The van der Waals surface area contributed by atoms with Gasteiger partial charge in [0, 0.05) is 18.5 Å². The van der Waals surface area contributed by atoms with Crippen molar-refractivity contribution in [3.8, 4) is 0 Å². The van der Waals surface area contributed by atoms with Crippen molar-refractivity contribution in [2.75, 3.05) is 6.54 Å². The van der Waals surface area contributed by atoms with Gasteiger partial charge >= 0.3 is 0 Å². The van der Waals surface area contributed by atoms with Gasteiger partial charge < -0.3 is 10.4 Å². The van der Waals surface area contributed by atoms with E-state index in [0.29, 0.717) is 13.1 Å². The summed E-state index contributed by atoms with van der Waals surface area (Å²) in [5, 5.41) is 17.6. The predicted octanol–water partition coefficient (Wildman–Crippen LogP) is 0.00850. The molecule has 0 spiro atoms. The normalized spacial score (nSPS) is 13.3. The molecule has 0 saturated carbocycles. The quantitative estimate of drug-likeness (QED) is 0.673. The summed E-state index contributed by atoms with van der Waals surface area (Å²) in [5.41, 5.74) is 0.927. The van der Waals surface area contributed by atoms with Crippen LogP contribution in [0.15, 0.2) is 5.38 Å². The van der Waals surface area contributed by atoms with Crippen LogP contribution in [0.3, 0.4) is 0 Å². The van der Waals surface area contributed by atoms with Crippen molar-refractivity contribution in [1.29, 1.82) is 0 Å². The van der Waals surface area contributed by atoms with Gasteiger partial charge in [0.05, 0.1) is 11.8 Å². The number of nitrogens with zero attached hydrogens (tertiary/aromatic N) is 2. The Kier molecular flexibility index (Phi) is 3.41. The molecule has 0 radical (unpaired) electrons. The van der Waals surface area contributed by atoms with Crippen molar-refractivity contribution >= 4 is 11.5 Å². The molecule has 1 aromatic heterocycles. The van der Waals surface area contributed by atoms with Gasteiger partial charge in [0.2, 0.25) is 0 Å². The van der Waals surface area contributed by atoms with E-state index in [-0.39, 0.29) is 6.10 Å². The first-order valence-corrected chi connectivity index (χ1v) is 4.27. The van der Waals surface area contributed by atoms with Gasteiger partial charge in [-0.15, -0.1) is 5.10 Å². The van der Waals surface area contributed by atoms with E-state index in [2.05, 4.69) is 14.9 Å². The zero-order valence-corrected chi connectivity index (χ0v) is 7.14. The molecule has 0 unspecified atom stereocenters. The Morgan fingerprint density at radius 1 is 1.82 bits per heavy atom. The zero-order valence-electron chi connectivity index (χ0n) is 6.32. The molecule has 0 aliphatic carbocycles. The minimum atomic E-state index is -0.304. The van der Waals surface area contributed by atoms with Gasteiger partial charge in [0.1, 0.15) is 0 Å². The molecular formula is C6H11N3OS. The van der Waals surface area contributed by atoms with Crippen molar-refractivity contribution in [1.82, 2.24) is 14.9 Å². The molecule has 0 saturated heterocycles. The van der Waals surface area contributed by atoms with Crippen molar-refractivity contribution < 1.29 is 5.11 Å². The Morgan fingerprint density at radius 2 is 2.64 bits per heavy atom. The van der Waals surface area contributed by atoms with Crippen LogP contribution < -0.4 is 5.32 Å². The molecular weight excluding hydrogens is 162 g/mol. The molecule has 0 aliphatic rings. The average Bonchev–Trinajstić information content (AvgIpc) is 2.39. The maximum Gasteiger partial charge on any atom is 0.0893 e. The summed E-state index contributed by atoms with van der Waals surface area (Å²) >= 11 is 1.33. The van der Waals surface area contributed by atoms with Gasteiger partial charge in [0.15, 0.2) is 0 Å². The van der Waals surface area contributed by atoms with Gasteiger partial charge in [-0.1, -0.05) is 4.49 Å². The molecule has 5 heteroatoms. The fraction of sp³-hybridized carbons (Fsp3) is 0.667. The number of rotatable bonds is 4. The van der Waals surface area contributed by atoms with E-state index in [9.17, 15) is 0 Å². The lowest BCUT2D eigenvalue weighted by atomic mass is 10.4. The van der Waals surface area contributed by atoms with Crippen molar-refractivity contribution in [2.45, 2.75) is 19.6 Å². The zero-order chi connectivity index (χ0) is 8.10. The Hall–Kier alpha value is -0.520. The molecule has 1 rings (SSSR count). The number of nitrogens with one attached hydrogen (secondary N) is 1. The topological polar surface area (TPSA) is 58.0 Å². The molecule has 11 heavy (non-hydrogen) atoms. The minimum Gasteiger partial charge on any atom is -0.392 e. The maximum atomic E-state index is 8.89. The van der Waals surface area contributed by atoms with Crippen LogP contribution in [-0.4, -0.2) is 27.3 Å². The second kappa shape index (κ2) is 4.38. The number of aliphatic hydroxyl groups is 1. The standard InChI is InChI=1S/C6H11N3OS/c1-5(10)2-7-3-6-4-11-9-8-6/h4-5,7,10H,2-3H2,1H3/t5-/m1/s1. The third-order valence-corrected chi connectivity index (χ3v) is 1.70. The molecule has 1 aromatic rings. The monoisotopic (exact) mass is 173 g/mol. The Balaban J connectivity index is 2.14. The van der Waals surface area contributed by atoms with Gasteiger partial charge in [-0.3, -0.25) is 0 Å². The third kappa shape index (κ3) is 3.41. The van der Waals surface area contributed by atoms with Crippen LogP contribution >= 0.6 is 11.5 Å². The fourth-order valence-electron chi connectivity index (χ4n) is 0.670. The first-order valence-electron chi connectivity index (χ1n) is 3.44. The molecule has 0 amide bonds. The first kappa shape index (κ1) is 8.58. The highest BCUT2D eigenvalue weighted by Crippen LogP contribution is 1.95. The van der Waals surface area contributed by atoms with Gasteiger partial charge in [-0.2, -0.15) is 0 Å². The van der Waals surface area contributed by atoms with E-state index in [1.54, 1.807) is 6.92 Å². The van der Waals surface area contributed by atoms with Gasteiger partial charge in [0.25, 0.3) is 0 Å². The lowest BCUT2D eigenvalue weighted by molar-refractivity contribution is 0.191. The van der Waals surface area contributed by atoms with Crippen LogP contribution in [0.5, 0.6) is 0 Å². The number of aromatic nitrogens is 2. The second-order valence-corrected chi connectivity index (χ2v) is 2.99. The number of hydrogen-bond acceptors (Lipinski definition) is 5. The lowest BCUT2D eigenvalue weighted by Gasteiger charge is -2.03. The smallest absolute Gasteiger partial charge is 0.0893 e. The van der Waals surface area contributed by atoms with Gasteiger partial charge in [-0.25, -0.2) is 0 Å². The molecule has 1 heterocycles. The highest BCUT2D eigenvalue weighted by Gasteiger charge is 1.96. The summed E-state index contributed by atoms with van der Waals surface area (Å²) in [6, 6.07) is 0. The highest BCUT2D eigenvalue weighted by molar-refractivity contribution is 7.03. The summed E-state index contributed by atoms with van der Waals surface area (Å²) in [5.74, 6) is 0. The van der Waals surface area contributed by atoms with E-state index >= 15 is 0 Å².